The molecule has 2 N–H and O–H groups in total. The van der Waals surface area contributed by atoms with Gasteiger partial charge in [-0.2, -0.15) is 11.3 Å². The molecule has 1 aliphatic heterocycles. The van der Waals surface area contributed by atoms with Crippen molar-refractivity contribution < 1.29 is 4.74 Å². The molecular weight excluding hydrogens is 182 g/mol. The molecule has 2 unspecified atom stereocenters. The first-order valence-electron chi connectivity index (χ1n) is 4.63. The topological polar surface area (TPSA) is 35.2 Å². The van der Waals surface area contributed by atoms with Crippen LogP contribution in [0.15, 0.2) is 16.8 Å². The van der Waals surface area contributed by atoms with E-state index in [1.807, 2.05) is 0 Å². The molecule has 1 fully saturated rings. The quantitative estimate of drug-likeness (QED) is 0.789. The van der Waals surface area contributed by atoms with Gasteiger partial charge in [0.1, 0.15) is 0 Å². The average molecular weight is 197 g/mol. The van der Waals surface area contributed by atoms with Crippen LogP contribution in [0.3, 0.4) is 0 Å². The van der Waals surface area contributed by atoms with Crippen LogP contribution in [0.2, 0.25) is 0 Å². The van der Waals surface area contributed by atoms with E-state index in [0.717, 1.165) is 12.8 Å². The second kappa shape index (κ2) is 3.40. The summed E-state index contributed by atoms with van der Waals surface area (Å²) in [6, 6.07) is 2.14. The largest absolute Gasteiger partial charge is 0.366 e. The molecule has 13 heavy (non-hydrogen) atoms. The molecule has 0 aliphatic carbocycles. The Kier molecular flexibility index (Phi) is 2.41. The Morgan fingerprint density at radius 1 is 1.77 bits per heavy atom. The molecule has 1 aromatic heterocycles. The molecule has 0 saturated carbocycles. The average Bonchev–Trinajstić information content (AvgIpc) is 2.73. The van der Waals surface area contributed by atoms with Crippen LogP contribution >= 0.6 is 11.3 Å². The molecule has 0 radical (unpaired) electrons. The van der Waals surface area contributed by atoms with Crippen LogP contribution in [0, 0.1) is 0 Å². The summed E-state index contributed by atoms with van der Waals surface area (Å²) in [5, 5.41) is 4.25. The lowest BCUT2D eigenvalue weighted by Gasteiger charge is -2.22. The summed E-state index contributed by atoms with van der Waals surface area (Å²) in [4.78, 5) is 0. The summed E-state index contributed by atoms with van der Waals surface area (Å²) in [5.41, 5.74) is 6.88. The molecule has 2 rings (SSSR count). The Morgan fingerprint density at radius 2 is 2.62 bits per heavy atom. The Bertz CT molecular complexity index is 272. The van der Waals surface area contributed by atoms with E-state index < -0.39 is 0 Å². The van der Waals surface area contributed by atoms with Crippen LogP contribution in [0.1, 0.15) is 31.4 Å². The lowest BCUT2D eigenvalue weighted by molar-refractivity contribution is -0.0228. The van der Waals surface area contributed by atoms with Crippen LogP contribution < -0.4 is 5.73 Å². The Balaban J connectivity index is 2.07. The summed E-state index contributed by atoms with van der Waals surface area (Å²) in [7, 11) is 0. The minimum Gasteiger partial charge on any atom is -0.366 e. The Morgan fingerprint density at radius 3 is 3.15 bits per heavy atom. The van der Waals surface area contributed by atoms with Gasteiger partial charge in [0.25, 0.3) is 0 Å². The van der Waals surface area contributed by atoms with Crippen LogP contribution in [0.5, 0.6) is 0 Å². The van der Waals surface area contributed by atoms with Gasteiger partial charge in [0.05, 0.1) is 11.7 Å². The molecular formula is C10H15NOS. The van der Waals surface area contributed by atoms with Crippen molar-refractivity contribution in [2.45, 2.75) is 31.5 Å². The number of ether oxygens (including phenoxy) is 1. The van der Waals surface area contributed by atoms with E-state index in [2.05, 4.69) is 23.8 Å². The highest BCUT2D eigenvalue weighted by Gasteiger charge is 2.35. The van der Waals surface area contributed by atoms with Crippen molar-refractivity contribution in [3.63, 3.8) is 0 Å². The van der Waals surface area contributed by atoms with Gasteiger partial charge in [-0.25, -0.2) is 0 Å². The fourth-order valence-electron chi connectivity index (χ4n) is 1.74. The van der Waals surface area contributed by atoms with E-state index in [9.17, 15) is 0 Å². The summed E-state index contributed by atoms with van der Waals surface area (Å²) in [6.07, 6.45) is 2.45. The maximum atomic E-state index is 5.92. The van der Waals surface area contributed by atoms with Crippen LogP contribution in [-0.2, 0) is 4.74 Å². The number of hydrogen-bond acceptors (Lipinski definition) is 3. The second-order valence-electron chi connectivity index (χ2n) is 3.86. The summed E-state index contributed by atoms with van der Waals surface area (Å²) in [6.45, 7) is 2.72. The minimum absolute atomic E-state index is 0.0907. The molecule has 2 heterocycles. The van der Waals surface area contributed by atoms with Crippen molar-refractivity contribution in [2.24, 2.45) is 5.73 Å². The third-order valence-corrected chi connectivity index (χ3v) is 3.41. The van der Waals surface area contributed by atoms with Crippen LogP contribution in [-0.4, -0.2) is 12.1 Å². The van der Waals surface area contributed by atoms with Gasteiger partial charge in [-0.1, -0.05) is 0 Å². The highest BCUT2D eigenvalue weighted by Crippen LogP contribution is 2.39. The van der Waals surface area contributed by atoms with Crippen molar-refractivity contribution in [2.75, 3.05) is 6.54 Å². The first-order valence-corrected chi connectivity index (χ1v) is 5.58. The Hall–Kier alpha value is -0.380. The molecule has 3 heteroatoms. The standard InChI is InChI=1S/C10H15NOS/c1-10(7-11)4-2-9(12-10)8-3-5-13-6-8/h3,5-6,9H,2,4,7,11H2,1H3. The zero-order valence-electron chi connectivity index (χ0n) is 7.82. The monoisotopic (exact) mass is 197 g/mol. The fraction of sp³-hybridized carbons (Fsp3) is 0.600. The van der Waals surface area contributed by atoms with Gasteiger partial charge in [-0.05, 0) is 42.2 Å². The van der Waals surface area contributed by atoms with Gasteiger partial charge in [-0.3, -0.25) is 0 Å². The molecule has 0 spiro atoms. The van der Waals surface area contributed by atoms with Gasteiger partial charge in [-0.15, -0.1) is 0 Å². The molecule has 0 aromatic carbocycles. The smallest absolute Gasteiger partial charge is 0.0842 e. The predicted molar refractivity (Wildman–Crippen MR) is 54.8 cm³/mol. The van der Waals surface area contributed by atoms with E-state index in [4.69, 9.17) is 10.5 Å². The molecule has 0 amide bonds. The van der Waals surface area contributed by atoms with Gasteiger partial charge >= 0.3 is 0 Å². The fourth-order valence-corrected chi connectivity index (χ4v) is 2.44. The molecule has 1 saturated heterocycles. The zero-order chi connectivity index (χ0) is 9.31. The van der Waals surface area contributed by atoms with E-state index in [1.165, 1.54) is 5.56 Å². The van der Waals surface area contributed by atoms with Crippen molar-refractivity contribution in [3.8, 4) is 0 Å². The molecule has 2 atom stereocenters. The van der Waals surface area contributed by atoms with Crippen LogP contribution in [0.4, 0.5) is 0 Å². The van der Waals surface area contributed by atoms with Crippen molar-refractivity contribution >= 4 is 11.3 Å². The minimum atomic E-state index is -0.0907. The van der Waals surface area contributed by atoms with Crippen molar-refractivity contribution in [3.05, 3.63) is 22.4 Å². The van der Waals surface area contributed by atoms with Gasteiger partial charge in [0.2, 0.25) is 0 Å². The highest BCUT2D eigenvalue weighted by molar-refractivity contribution is 7.07. The number of rotatable bonds is 2. The summed E-state index contributed by atoms with van der Waals surface area (Å²) >= 11 is 1.72. The number of hydrogen-bond donors (Lipinski definition) is 1. The molecule has 72 valence electrons. The van der Waals surface area contributed by atoms with Gasteiger partial charge in [0.15, 0.2) is 0 Å². The highest BCUT2D eigenvalue weighted by atomic mass is 32.1. The number of thiophene rings is 1. The van der Waals surface area contributed by atoms with Gasteiger partial charge < -0.3 is 10.5 Å². The molecule has 1 aromatic rings. The molecule has 0 bridgehead atoms. The molecule has 1 aliphatic rings. The zero-order valence-corrected chi connectivity index (χ0v) is 8.64. The van der Waals surface area contributed by atoms with Crippen LogP contribution in [0.25, 0.3) is 0 Å². The predicted octanol–water partition coefficient (Wildman–Crippen LogP) is 2.32. The Labute approximate surface area is 82.7 Å². The van der Waals surface area contributed by atoms with E-state index in [0.29, 0.717) is 6.54 Å². The maximum absolute atomic E-state index is 5.92. The number of nitrogens with two attached hydrogens (primary N) is 1. The lowest BCUT2D eigenvalue weighted by Crippen LogP contribution is -2.33. The maximum Gasteiger partial charge on any atom is 0.0842 e. The first kappa shape index (κ1) is 9.19. The summed E-state index contributed by atoms with van der Waals surface area (Å²) < 4.78 is 5.92. The normalized spacial score (nSPS) is 33.8. The van der Waals surface area contributed by atoms with Gasteiger partial charge in [0, 0.05) is 6.54 Å². The second-order valence-corrected chi connectivity index (χ2v) is 4.64. The van der Waals surface area contributed by atoms with Crippen molar-refractivity contribution in [1.29, 1.82) is 0 Å². The van der Waals surface area contributed by atoms with E-state index in [-0.39, 0.29) is 11.7 Å². The molecule has 2 nitrogen and oxygen atoms in total. The van der Waals surface area contributed by atoms with E-state index in [1.54, 1.807) is 11.3 Å². The lowest BCUT2D eigenvalue weighted by atomic mass is 10.0. The third kappa shape index (κ3) is 1.77. The first-order chi connectivity index (χ1) is 6.23. The van der Waals surface area contributed by atoms with Crippen molar-refractivity contribution in [1.82, 2.24) is 0 Å². The summed E-state index contributed by atoms with van der Waals surface area (Å²) in [5.74, 6) is 0. The third-order valence-electron chi connectivity index (χ3n) is 2.71. The SMILES string of the molecule is CC1(CN)CCC(c2ccsc2)O1. The van der Waals surface area contributed by atoms with E-state index >= 15 is 0 Å².